The van der Waals surface area contributed by atoms with Crippen LogP contribution in [0, 0.1) is 0 Å². The molecule has 2 fully saturated rings. The van der Waals surface area contributed by atoms with Gasteiger partial charge in [-0.2, -0.15) is 0 Å². The average Bonchev–Trinajstić information content (AvgIpc) is 2.58. The third kappa shape index (κ3) is 0.262. The maximum atomic E-state index is 2.64. The normalized spacial score (nSPS) is 46.5. The zero-order valence-corrected chi connectivity index (χ0v) is 6.47. The molecule has 8 heavy (non-hydrogen) atoms. The van der Waals surface area contributed by atoms with Gasteiger partial charge in [0, 0.05) is 0 Å². The first-order chi connectivity index (χ1) is 3.84. The first-order valence-electron chi connectivity index (χ1n) is 3.21. The van der Waals surface area contributed by atoms with E-state index in [-0.39, 0.29) is 0 Å². The molecule has 0 saturated carbocycles. The van der Waals surface area contributed by atoms with Gasteiger partial charge in [-0.15, -0.1) is 0 Å². The minimum absolute atomic E-state index is 0.819. The van der Waals surface area contributed by atoms with E-state index < -0.39 is 6.60 Å². The molecule has 0 radical (unpaired) electrons. The van der Waals surface area contributed by atoms with Crippen LogP contribution in [-0.4, -0.2) is 24.2 Å². The van der Waals surface area contributed by atoms with Gasteiger partial charge in [0.2, 0.25) is 0 Å². The molecule has 2 heteroatoms. The number of hydrogen-bond acceptors (Lipinski definition) is 1. The van der Waals surface area contributed by atoms with E-state index in [1.54, 1.807) is 18.5 Å². The van der Waals surface area contributed by atoms with E-state index in [1.807, 2.05) is 4.65 Å². The van der Waals surface area contributed by atoms with Crippen molar-refractivity contribution in [2.24, 2.45) is 0 Å². The molecule has 0 N–H and O–H groups in total. The Labute approximate surface area is 53.6 Å². The van der Waals surface area contributed by atoms with Crippen LogP contribution >= 0.6 is 18.4 Å². The van der Waals surface area contributed by atoms with E-state index >= 15 is 0 Å². The van der Waals surface area contributed by atoms with Crippen LogP contribution in [0.15, 0.2) is 10.5 Å². The Hall–Kier alpha value is 0.520. The Bertz CT molecular complexity index is 203. The molecule has 44 valence electrons. The van der Waals surface area contributed by atoms with Gasteiger partial charge in [0.05, 0.1) is 0 Å². The van der Waals surface area contributed by atoms with Crippen molar-refractivity contribution in [2.75, 3.05) is 24.2 Å². The fourth-order valence-electron chi connectivity index (χ4n) is 1.78. The Kier molecular flexibility index (Phi) is 0.457. The Balaban J connectivity index is 2.17. The van der Waals surface area contributed by atoms with Crippen molar-refractivity contribution in [1.82, 2.24) is 0 Å². The van der Waals surface area contributed by atoms with E-state index in [2.05, 4.69) is 17.6 Å². The molecule has 0 aromatic heterocycles. The summed E-state index contributed by atoms with van der Waals surface area (Å²) in [7, 11) is 0. The predicted molar refractivity (Wildman–Crippen MR) is 42.1 cm³/mol. The molecule has 2 saturated heterocycles. The van der Waals surface area contributed by atoms with E-state index in [4.69, 9.17) is 0 Å². The predicted octanol–water partition coefficient (Wildman–Crippen LogP) is 2.11. The average molecular weight is 144 g/mol. The van der Waals surface area contributed by atoms with E-state index in [0.29, 0.717) is 0 Å². The second kappa shape index (κ2) is 0.839. The molecule has 1 spiro atoms. The first-order valence-corrected chi connectivity index (χ1v) is 7.06. The molecular formula is C6H9PS. The van der Waals surface area contributed by atoms with Crippen LogP contribution in [0.3, 0.4) is 0 Å². The standard InChI is InChI=1S/C6H9PS/c1-2-7(1)3-4-8-6(7)5-7/h5H,1-4H2. The fourth-order valence-corrected chi connectivity index (χ4v) is 12.0. The van der Waals surface area contributed by atoms with Crippen LogP contribution in [0.4, 0.5) is 0 Å². The van der Waals surface area contributed by atoms with Crippen LogP contribution in [0.2, 0.25) is 0 Å². The SMILES string of the molecule is C1=C2SCCP123CC3. The van der Waals surface area contributed by atoms with Crippen molar-refractivity contribution in [3.8, 4) is 0 Å². The third-order valence-corrected chi connectivity index (χ3v) is 11.4. The third-order valence-electron chi connectivity index (χ3n) is 2.90. The van der Waals surface area contributed by atoms with Gasteiger partial charge < -0.3 is 0 Å². The van der Waals surface area contributed by atoms with Crippen molar-refractivity contribution in [3.05, 3.63) is 10.5 Å². The maximum absolute atomic E-state index is 2.64. The number of thioether (sulfide) groups is 1. The zero-order chi connectivity index (χ0) is 5.27. The molecule has 0 nitrogen and oxygen atoms in total. The van der Waals surface area contributed by atoms with Crippen LogP contribution in [0.25, 0.3) is 0 Å². The summed E-state index contributed by atoms with van der Waals surface area (Å²) in [6.07, 6.45) is 4.84. The molecule has 3 rings (SSSR count). The van der Waals surface area contributed by atoms with Gasteiger partial charge in [-0.3, -0.25) is 0 Å². The molecular weight excluding hydrogens is 135 g/mol. The molecule has 0 unspecified atom stereocenters. The Morgan fingerprint density at radius 1 is 1.38 bits per heavy atom. The van der Waals surface area contributed by atoms with Crippen LogP contribution in [-0.2, 0) is 0 Å². The zero-order valence-electron chi connectivity index (χ0n) is 4.76. The molecule has 0 aromatic rings. The monoisotopic (exact) mass is 144 g/mol. The molecule has 0 amide bonds. The van der Waals surface area contributed by atoms with Crippen LogP contribution < -0.4 is 0 Å². The van der Waals surface area contributed by atoms with Gasteiger partial charge in [-0.1, -0.05) is 0 Å². The summed E-state index contributed by atoms with van der Waals surface area (Å²) in [6, 6.07) is 0. The molecule has 0 aromatic carbocycles. The van der Waals surface area contributed by atoms with Crippen molar-refractivity contribution in [3.63, 3.8) is 0 Å². The summed E-state index contributed by atoms with van der Waals surface area (Å²) in [5.41, 5.74) is 0. The molecule has 0 bridgehead atoms. The van der Waals surface area contributed by atoms with Crippen LogP contribution in [0.1, 0.15) is 0 Å². The molecule has 0 atom stereocenters. The van der Waals surface area contributed by atoms with Crippen molar-refractivity contribution >= 4 is 18.4 Å². The topological polar surface area (TPSA) is 0 Å². The van der Waals surface area contributed by atoms with Crippen molar-refractivity contribution in [1.29, 1.82) is 0 Å². The Morgan fingerprint density at radius 2 is 2.25 bits per heavy atom. The second-order valence-corrected chi connectivity index (χ2v) is 10.5. The Morgan fingerprint density at radius 3 is 2.50 bits per heavy atom. The van der Waals surface area contributed by atoms with Crippen molar-refractivity contribution < 1.29 is 0 Å². The molecule has 3 aliphatic heterocycles. The minimum atomic E-state index is -0.819. The van der Waals surface area contributed by atoms with Gasteiger partial charge in [-0.25, -0.2) is 0 Å². The first kappa shape index (κ1) is 4.35. The summed E-state index contributed by atoms with van der Waals surface area (Å²) < 4.78 is 1.87. The van der Waals surface area contributed by atoms with Gasteiger partial charge in [0.15, 0.2) is 0 Å². The van der Waals surface area contributed by atoms with E-state index in [0.717, 1.165) is 0 Å². The summed E-state index contributed by atoms with van der Waals surface area (Å²) >= 11 is 2.15. The second-order valence-electron chi connectivity index (χ2n) is 3.31. The number of rotatable bonds is 0. The fraction of sp³-hybridized carbons (Fsp3) is 0.667. The van der Waals surface area contributed by atoms with Gasteiger partial charge in [0.25, 0.3) is 0 Å². The van der Waals surface area contributed by atoms with Gasteiger partial charge >= 0.3 is 53.1 Å². The van der Waals surface area contributed by atoms with Crippen LogP contribution in [0.5, 0.6) is 0 Å². The van der Waals surface area contributed by atoms with E-state index in [1.165, 1.54) is 5.75 Å². The van der Waals surface area contributed by atoms with E-state index in [9.17, 15) is 0 Å². The molecule has 0 aliphatic carbocycles. The summed E-state index contributed by atoms with van der Waals surface area (Å²) in [5.74, 6) is 4.10. The summed E-state index contributed by atoms with van der Waals surface area (Å²) in [4.78, 5) is 0. The molecule has 3 heterocycles. The number of hydrogen-bond donors (Lipinski definition) is 0. The van der Waals surface area contributed by atoms with Gasteiger partial charge in [0.1, 0.15) is 0 Å². The summed E-state index contributed by atoms with van der Waals surface area (Å²) in [6.45, 7) is -0.819. The quantitative estimate of drug-likeness (QED) is 0.469. The van der Waals surface area contributed by atoms with Gasteiger partial charge in [-0.05, 0) is 0 Å². The molecule has 3 aliphatic rings. The van der Waals surface area contributed by atoms with Crippen molar-refractivity contribution in [2.45, 2.75) is 0 Å². The summed E-state index contributed by atoms with van der Waals surface area (Å²) in [5, 5.41) is 0.